The van der Waals surface area contributed by atoms with E-state index in [4.69, 9.17) is 23.2 Å². The first-order valence-electron chi connectivity index (χ1n) is 9.41. The fraction of sp³-hybridized carbons (Fsp3) is 0.217. The Morgan fingerprint density at radius 2 is 1.54 bits per heavy atom. The Hall–Kier alpha value is -1.78. The topological polar surface area (TPSA) is 32.3 Å². The van der Waals surface area contributed by atoms with Crippen LogP contribution >= 0.6 is 23.2 Å². The van der Waals surface area contributed by atoms with Gasteiger partial charge in [-0.3, -0.25) is 0 Å². The molecular weight excluding hydrogens is 388 g/mol. The van der Waals surface area contributed by atoms with Crippen molar-refractivity contribution in [3.63, 3.8) is 0 Å². The maximum atomic E-state index is 11.0. The van der Waals surface area contributed by atoms with Gasteiger partial charge in [0.05, 0.1) is 0 Å². The molecule has 0 saturated heterocycles. The van der Waals surface area contributed by atoms with Crippen LogP contribution in [0.25, 0.3) is 0 Å². The zero-order valence-corrected chi connectivity index (χ0v) is 17.6. The number of hydrogen-bond acceptors (Lipinski definition) is 2. The first-order valence-corrected chi connectivity index (χ1v) is 10.2. The van der Waals surface area contributed by atoms with Gasteiger partial charge in [-0.1, -0.05) is 71.2 Å². The Balaban J connectivity index is 1.86. The summed E-state index contributed by atoms with van der Waals surface area (Å²) in [6.07, 6.45) is 0.523. The van der Waals surface area contributed by atoms with Crippen LogP contribution in [0.2, 0.25) is 16.4 Å². The Labute approximate surface area is 177 Å². The summed E-state index contributed by atoms with van der Waals surface area (Å²) in [6.45, 7) is 4.13. The summed E-state index contributed by atoms with van der Waals surface area (Å²) >= 11 is 12.4. The Morgan fingerprint density at radius 1 is 0.893 bits per heavy atom. The quantitative estimate of drug-likeness (QED) is 0.514. The van der Waals surface area contributed by atoms with E-state index >= 15 is 0 Å². The molecule has 0 aliphatic carbocycles. The molecule has 2 nitrogen and oxygen atoms in total. The summed E-state index contributed by atoms with van der Waals surface area (Å²) in [6, 6.07) is 21.7. The number of nitrogens with one attached hydrogen (secondary N) is 1. The second kappa shape index (κ2) is 9.62. The molecule has 0 amide bonds. The van der Waals surface area contributed by atoms with Crippen molar-refractivity contribution >= 4 is 35.6 Å². The van der Waals surface area contributed by atoms with Gasteiger partial charge in [0.1, 0.15) is 0 Å². The van der Waals surface area contributed by atoms with E-state index in [1.54, 1.807) is 0 Å². The van der Waals surface area contributed by atoms with E-state index in [1.165, 1.54) is 5.56 Å². The van der Waals surface area contributed by atoms with Crippen LogP contribution in [0.15, 0.2) is 66.7 Å². The number of hydrogen-bond donors (Lipinski definition) is 2. The molecule has 144 valence electrons. The number of aryl methyl sites for hydroxylation is 2. The third kappa shape index (κ3) is 5.39. The van der Waals surface area contributed by atoms with Crippen LogP contribution in [-0.2, 0) is 6.54 Å². The summed E-state index contributed by atoms with van der Waals surface area (Å²) in [5.41, 5.74) is 5.33. The average molecular weight is 412 g/mol. The van der Waals surface area contributed by atoms with Crippen molar-refractivity contribution in [3.05, 3.63) is 99.0 Å². The summed E-state index contributed by atoms with van der Waals surface area (Å²) in [5, 5.41) is 15.9. The van der Waals surface area contributed by atoms with Gasteiger partial charge in [0, 0.05) is 22.6 Å². The summed E-state index contributed by atoms with van der Waals surface area (Å²) in [7, 11) is 0. The molecule has 0 aromatic heterocycles. The van der Waals surface area contributed by atoms with Gasteiger partial charge in [0.15, 0.2) is 0 Å². The van der Waals surface area contributed by atoms with E-state index in [9.17, 15) is 5.02 Å². The molecule has 2 N–H and O–H groups in total. The second-order valence-electron chi connectivity index (χ2n) is 7.17. The summed E-state index contributed by atoms with van der Waals surface area (Å²) in [4.78, 5) is 0. The average Bonchev–Trinajstić information content (AvgIpc) is 2.69. The van der Waals surface area contributed by atoms with Gasteiger partial charge in [-0.15, -0.1) is 0 Å². The Morgan fingerprint density at radius 3 is 2.25 bits per heavy atom. The van der Waals surface area contributed by atoms with Gasteiger partial charge in [0.2, 0.25) is 0 Å². The van der Waals surface area contributed by atoms with Gasteiger partial charge in [0.25, 0.3) is 0 Å². The molecule has 3 aromatic rings. The fourth-order valence-electron chi connectivity index (χ4n) is 3.46. The molecule has 1 atom stereocenters. The van der Waals surface area contributed by atoms with Gasteiger partial charge >= 0.3 is 6.92 Å². The molecule has 0 bridgehead atoms. The highest BCUT2D eigenvalue weighted by Crippen LogP contribution is 2.26. The summed E-state index contributed by atoms with van der Waals surface area (Å²) in [5.74, 6) is 0. The third-order valence-corrected chi connectivity index (χ3v) is 5.54. The predicted octanol–water partition coefficient (Wildman–Crippen LogP) is 5.33. The van der Waals surface area contributed by atoms with Gasteiger partial charge in [-0.05, 0) is 66.6 Å². The van der Waals surface area contributed by atoms with E-state index in [0.717, 1.165) is 22.2 Å². The van der Waals surface area contributed by atoms with Crippen molar-refractivity contribution in [1.82, 2.24) is 5.32 Å². The maximum absolute atomic E-state index is 11.0. The number of rotatable bonds is 7. The lowest BCUT2D eigenvalue weighted by molar-refractivity contribution is 0.524. The molecule has 0 spiro atoms. The highest BCUT2D eigenvalue weighted by molar-refractivity contribution is 6.67. The molecular formula is C23H24BCl2NO. The van der Waals surface area contributed by atoms with Gasteiger partial charge in [-0.2, -0.15) is 0 Å². The molecule has 1 unspecified atom stereocenters. The smallest absolute Gasteiger partial charge is 0.325 e. The van der Waals surface area contributed by atoms with Crippen molar-refractivity contribution < 1.29 is 5.02 Å². The van der Waals surface area contributed by atoms with Crippen LogP contribution < -0.4 is 10.8 Å². The molecule has 0 heterocycles. The van der Waals surface area contributed by atoms with Crippen molar-refractivity contribution in [2.75, 3.05) is 0 Å². The monoisotopic (exact) mass is 411 g/mol. The minimum atomic E-state index is -0.634. The van der Waals surface area contributed by atoms with Crippen LogP contribution in [-0.4, -0.2) is 11.9 Å². The fourth-order valence-corrected chi connectivity index (χ4v) is 3.83. The van der Waals surface area contributed by atoms with Crippen LogP contribution in [0, 0.1) is 13.8 Å². The molecule has 5 heteroatoms. The first-order chi connectivity index (χ1) is 13.4. The number of halogens is 2. The van der Waals surface area contributed by atoms with Crippen LogP contribution in [0.5, 0.6) is 0 Å². The molecule has 0 fully saturated rings. The van der Waals surface area contributed by atoms with Crippen molar-refractivity contribution in [1.29, 1.82) is 0 Å². The Bertz CT molecular complexity index is 933. The SMILES string of the molecule is Cc1ccc(Cl)cc1B(O)CC(NCc1ccccc1)c1cc(Cl)ccc1C. The molecule has 0 radical (unpaired) electrons. The maximum Gasteiger partial charge on any atom is 0.325 e. The molecule has 3 aromatic carbocycles. The highest BCUT2D eigenvalue weighted by atomic mass is 35.5. The largest absolute Gasteiger partial charge is 0.446 e. The molecule has 0 aliphatic heterocycles. The standard InChI is InChI=1S/C23H24BCl2NO/c1-16-8-10-19(25)12-21(16)23(27-15-18-6-4-3-5-7-18)14-24(28)22-13-20(26)11-9-17(22)2/h3-13,23,27-28H,14-15H2,1-2H3. The molecule has 0 saturated carbocycles. The minimum Gasteiger partial charge on any atom is -0.446 e. The van der Waals surface area contributed by atoms with Crippen LogP contribution in [0.4, 0.5) is 0 Å². The number of benzene rings is 3. The van der Waals surface area contributed by atoms with E-state index in [2.05, 4.69) is 24.4 Å². The lowest BCUT2D eigenvalue weighted by atomic mass is 9.55. The lowest BCUT2D eigenvalue weighted by Gasteiger charge is -2.24. The van der Waals surface area contributed by atoms with E-state index < -0.39 is 6.92 Å². The minimum absolute atomic E-state index is 0.0488. The normalized spacial score (nSPS) is 12.0. The van der Waals surface area contributed by atoms with Crippen molar-refractivity contribution in [2.24, 2.45) is 0 Å². The zero-order valence-electron chi connectivity index (χ0n) is 16.1. The van der Waals surface area contributed by atoms with E-state index in [0.29, 0.717) is 22.9 Å². The molecule has 3 rings (SSSR count). The van der Waals surface area contributed by atoms with Crippen LogP contribution in [0.3, 0.4) is 0 Å². The van der Waals surface area contributed by atoms with Gasteiger partial charge in [-0.25, -0.2) is 0 Å². The molecule has 28 heavy (non-hydrogen) atoms. The zero-order chi connectivity index (χ0) is 20.1. The van der Waals surface area contributed by atoms with Crippen molar-refractivity contribution in [2.45, 2.75) is 32.8 Å². The van der Waals surface area contributed by atoms with Crippen LogP contribution in [0.1, 0.15) is 28.3 Å². The lowest BCUT2D eigenvalue weighted by Crippen LogP contribution is -2.37. The summed E-state index contributed by atoms with van der Waals surface area (Å²) < 4.78 is 0. The third-order valence-electron chi connectivity index (χ3n) is 5.07. The van der Waals surface area contributed by atoms with E-state index in [1.807, 2.05) is 61.5 Å². The molecule has 0 aliphatic rings. The first kappa shape index (κ1) is 20.9. The second-order valence-corrected chi connectivity index (χ2v) is 8.05. The highest BCUT2D eigenvalue weighted by Gasteiger charge is 2.24. The predicted molar refractivity (Wildman–Crippen MR) is 121 cm³/mol. The Kier molecular flexibility index (Phi) is 7.20. The van der Waals surface area contributed by atoms with E-state index in [-0.39, 0.29) is 6.04 Å². The van der Waals surface area contributed by atoms with Gasteiger partial charge < -0.3 is 10.3 Å². The van der Waals surface area contributed by atoms with Crippen molar-refractivity contribution in [3.8, 4) is 0 Å².